The van der Waals surface area contributed by atoms with E-state index in [0.717, 1.165) is 29.9 Å². The first kappa shape index (κ1) is 18.7. The second-order valence-electron chi connectivity index (χ2n) is 6.58. The van der Waals surface area contributed by atoms with Crippen molar-refractivity contribution in [1.29, 1.82) is 0 Å². The summed E-state index contributed by atoms with van der Waals surface area (Å²) in [6.45, 7) is 4.76. The van der Waals surface area contributed by atoms with Gasteiger partial charge in [-0.2, -0.15) is 0 Å². The molecule has 2 aromatic heterocycles. The number of esters is 1. The molecule has 0 radical (unpaired) electrons. The van der Waals surface area contributed by atoms with Crippen LogP contribution in [0.1, 0.15) is 31.4 Å². The Balaban J connectivity index is 1.91. The molecule has 0 bridgehead atoms. The molecule has 0 amide bonds. The molecule has 1 fully saturated rings. The lowest BCUT2D eigenvalue weighted by Gasteiger charge is -2.18. The number of nitrogens with zero attached hydrogens (tertiary/aromatic N) is 4. The third kappa shape index (κ3) is 3.42. The zero-order chi connectivity index (χ0) is 19.5. The van der Waals surface area contributed by atoms with E-state index in [1.54, 1.807) is 12.4 Å². The van der Waals surface area contributed by atoms with Gasteiger partial charge in [0.2, 0.25) is 0 Å². The summed E-state index contributed by atoms with van der Waals surface area (Å²) in [5.74, 6) is 0.555. The number of para-hydroxylation sites is 1. The van der Waals surface area contributed by atoms with Gasteiger partial charge in [-0.15, -0.1) is 10.2 Å². The molecule has 1 atom stereocenters. The van der Waals surface area contributed by atoms with Crippen LogP contribution in [0.25, 0.3) is 17.1 Å². The minimum Gasteiger partial charge on any atom is -0.465 e. The van der Waals surface area contributed by atoms with Crippen LogP contribution in [0, 0.1) is 0 Å². The van der Waals surface area contributed by atoms with E-state index in [4.69, 9.17) is 4.74 Å². The highest BCUT2D eigenvalue weighted by atomic mass is 32.2. The fraction of sp³-hybridized carbons (Fsp3) is 0.333. The molecule has 3 aromatic rings. The summed E-state index contributed by atoms with van der Waals surface area (Å²) in [5, 5.41) is 9.40. The van der Waals surface area contributed by atoms with Gasteiger partial charge in [-0.3, -0.25) is 14.3 Å². The molecule has 0 unspecified atom stereocenters. The number of benzene rings is 1. The number of rotatable bonds is 6. The summed E-state index contributed by atoms with van der Waals surface area (Å²) in [6, 6.07) is 10.2. The molecule has 6 nitrogen and oxygen atoms in total. The molecule has 7 heteroatoms. The van der Waals surface area contributed by atoms with Gasteiger partial charge in [0.25, 0.3) is 0 Å². The van der Waals surface area contributed by atoms with Crippen LogP contribution in [0.5, 0.6) is 0 Å². The SMILES string of the molecule is CCc1cccc(CC)c1-n1c(S[C@@H]2CCOC2=O)nnc1-c1cccnc1. The molecule has 144 valence electrons. The molecule has 1 aliphatic heterocycles. The van der Waals surface area contributed by atoms with Crippen LogP contribution in [0.4, 0.5) is 0 Å². The van der Waals surface area contributed by atoms with Gasteiger partial charge >= 0.3 is 5.97 Å². The maximum atomic E-state index is 12.0. The van der Waals surface area contributed by atoms with Crippen molar-refractivity contribution in [3.05, 3.63) is 53.9 Å². The number of hydrogen-bond acceptors (Lipinski definition) is 6. The second kappa shape index (κ2) is 8.14. The van der Waals surface area contributed by atoms with E-state index in [0.29, 0.717) is 18.2 Å². The number of thioether (sulfide) groups is 1. The zero-order valence-corrected chi connectivity index (χ0v) is 16.8. The Hall–Kier alpha value is -2.67. The van der Waals surface area contributed by atoms with E-state index >= 15 is 0 Å². The number of carbonyl (C=O) groups is 1. The molecular weight excluding hydrogens is 372 g/mol. The maximum Gasteiger partial charge on any atom is 0.319 e. The van der Waals surface area contributed by atoms with Crippen molar-refractivity contribution in [2.45, 2.75) is 43.5 Å². The Morgan fingerprint density at radius 2 is 1.93 bits per heavy atom. The van der Waals surface area contributed by atoms with Gasteiger partial charge in [-0.25, -0.2) is 0 Å². The van der Waals surface area contributed by atoms with Gasteiger partial charge in [-0.1, -0.05) is 43.8 Å². The average molecular weight is 395 g/mol. The van der Waals surface area contributed by atoms with E-state index in [1.165, 1.54) is 22.9 Å². The monoisotopic (exact) mass is 394 g/mol. The summed E-state index contributed by atoms with van der Waals surface area (Å²) < 4.78 is 7.23. The highest BCUT2D eigenvalue weighted by Crippen LogP contribution is 2.35. The molecule has 4 rings (SSSR count). The number of hydrogen-bond donors (Lipinski definition) is 0. The lowest BCUT2D eigenvalue weighted by atomic mass is 10.0. The summed E-state index contributed by atoms with van der Waals surface area (Å²) >= 11 is 1.43. The minimum atomic E-state index is -0.247. The largest absolute Gasteiger partial charge is 0.465 e. The van der Waals surface area contributed by atoms with Crippen LogP contribution in [-0.2, 0) is 22.4 Å². The fourth-order valence-corrected chi connectivity index (χ4v) is 4.45. The van der Waals surface area contributed by atoms with Crippen LogP contribution in [-0.4, -0.2) is 37.6 Å². The van der Waals surface area contributed by atoms with E-state index in [2.05, 4.69) is 51.8 Å². The molecule has 0 N–H and O–H groups in total. The molecule has 0 saturated carbocycles. The first-order chi connectivity index (χ1) is 13.7. The number of aryl methyl sites for hydroxylation is 2. The zero-order valence-electron chi connectivity index (χ0n) is 16.0. The predicted octanol–water partition coefficient (Wildman–Crippen LogP) is 3.86. The molecule has 1 aromatic carbocycles. The lowest BCUT2D eigenvalue weighted by molar-refractivity contribution is -0.137. The second-order valence-corrected chi connectivity index (χ2v) is 7.75. The number of cyclic esters (lactones) is 1. The first-order valence-corrected chi connectivity index (χ1v) is 10.4. The van der Waals surface area contributed by atoms with Gasteiger partial charge in [0.15, 0.2) is 11.0 Å². The normalized spacial score (nSPS) is 16.4. The molecule has 1 saturated heterocycles. The first-order valence-electron chi connectivity index (χ1n) is 9.53. The van der Waals surface area contributed by atoms with Crippen LogP contribution < -0.4 is 0 Å². The molecule has 0 spiro atoms. The highest BCUT2D eigenvalue weighted by Gasteiger charge is 2.31. The van der Waals surface area contributed by atoms with Crippen LogP contribution >= 0.6 is 11.8 Å². The number of pyridine rings is 1. The smallest absolute Gasteiger partial charge is 0.319 e. The van der Waals surface area contributed by atoms with E-state index in [1.807, 2.05) is 12.1 Å². The molecule has 28 heavy (non-hydrogen) atoms. The number of aromatic nitrogens is 4. The summed E-state index contributed by atoms with van der Waals surface area (Å²) in [5.41, 5.74) is 4.44. The van der Waals surface area contributed by atoms with Gasteiger partial charge in [0, 0.05) is 24.4 Å². The fourth-order valence-electron chi connectivity index (χ4n) is 3.44. The Bertz CT molecular complexity index is 965. The van der Waals surface area contributed by atoms with Gasteiger partial charge < -0.3 is 4.74 Å². The van der Waals surface area contributed by atoms with Crippen molar-refractivity contribution in [1.82, 2.24) is 19.7 Å². The van der Waals surface area contributed by atoms with Crippen LogP contribution in [0.2, 0.25) is 0 Å². The lowest BCUT2D eigenvalue weighted by Crippen LogP contribution is -2.12. The van der Waals surface area contributed by atoms with Crippen molar-refractivity contribution >= 4 is 17.7 Å². The van der Waals surface area contributed by atoms with Crippen molar-refractivity contribution in [2.24, 2.45) is 0 Å². The highest BCUT2D eigenvalue weighted by molar-refractivity contribution is 8.00. The Morgan fingerprint density at radius 3 is 2.54 bits per heavy atom. The van der Waals surface area contributed by atoms with Crippen molar-refractivity contribution in [3.8, 4) is 17.1 Å². The number of ether oxygens (including phenoxy) is 1. The van der Waals surface area contributed by atoms with Crippen molar-refractivity contribution < 1.29 is 9.53 Å². The average Bonchev–Trinajstić information content (AvgIpc) is 3.34. The molecule has 3 heterocycles. The third-order valence-corrected chi connectivity index (χ3v) is 6.06. The quantitative estimate of drug-likeness (QED) is 0.591. The van der Waals surface area contributed by atoms with Gasteiger partial charge in [-0.05, 0) is 36.1 Å². The topological polar surface area (TPSA) is 69.9 Å². The minimum absolute atomic E-state index is 0.179. The summed E-state index contributed by atoms with van der Waals surface area (Å²) in [4.78, 5) is 16.3. The van der Waals surface area contributed by atoms with E-state index in [9.17, 15) is 4.79 Å². The molecule has 0 aliphatic carbocycles. The molecular formula is C21H22N4O2S. The third-order valence-electron chi connectivity index (χ3n) is 4.88. The Labute approximate surface area is 168 Å². The van der Waals surface area contributed by atoms with E-state index < -0.39 is 0 Å². The van der Waals surface area contributed by atoms with Crippen molar-refractivity contribution in [3.63, 3.8) is 0 Å². The predicted molar refractivity (Wildman–Crippen MR) is 109 cm³/mol. The molecule has 1 aliphatic rings. The Kier molecular flexibility index (Phi) is 5.43. The van der Waals surface area contributed by atoms with Crippen LogP contribution in [0.3, 0.4) is 0 Å². The number of carbonyl (C=O) groups excluding carboxylic acids is 1. The Morgan fingerprint density at radius 1 is 1.14 bits per heavy atom. The van der Waals surface area contributed by atoms with Crippen molar-refractivity contribution in [2.75, 3.05) is 6.61 Å². The van der Waals surface area contributed by atoms with Crippen LogP contribution in [0.15, 0.2) is 47.9 Å². The summed E-state index contributed by atoms with van der Waals surface area (Å²) in [7, 11) is 0. The summed E-state index contributed by atoms with van der Waals surface area (Å²) in [6.07, 6.45) is 6.01. The standard InChI is InChI=1S/C21H22N4O2S/c1-3-14-7-5-8-15(4-2)18(14)25-19(16-9-6-11-22-13-16)23-24-21(25)28-17-10-12-27-20(17)26/h5-9,11,13,17H,3-4,10,12H2,1-2H3/t17-/m1/s1. The van der Waals surface area contributed by atoms with E-state index in [-0.39, 0.29) is 11.2 Å². The van der Waals surface area contributed by atoms with Gasteiger partial charge in [0.05, 0.1) is 12.3 Å². The maximum absolute atomic E-state index is 12.0. The van der Waals surface area contributed by atoms with Gasteiger partial charge in [0.1, 0.15) is 5.25 Å².